The van der Waals surface area contributed by atoms with E-state index in [1.165, 1.54) is 45.3 Å². The van der Waals surface area contributed by atoms with Gasteiger partial charge in [-0.25, -0.2) is 13.1 Å². The molecular weight excluding hydrogens is 390 g/mol. The van der Waals surface area contributed by atoms with E-state index in [0.29, 0.717) is 19.0 Å². The summed E-state index contributed by atoms with van der Waals surface area (Å²) in [5, 5.41) is 3.24. The van der Waals surface area contributed by atoms with Gasteiger partial charge in [-0.2, -0.15) is 0 Å². The summed E-state index contributed by atoms with van der Waals surface area (Å²) in [6.45, 7) is 7.11. The van der Waals surface area contributed by atoms with E-state index in [0.717, 1.165) is 44.9 Å². The van der Waals surface area contributed by atoms with E-state index in [1.54, 1.807) is 7.05 Å². The van der Waals surface area contributed by atoms with Gasteiger partial charge < -0.3 is 19.9 Å². The first kappa shape index (κ1) is 22.8. The molecule has 0 spiro atoms. The Labute approximate surface area is 176 Å². The zero-order valence-electron chi connectivity index (χ0n) is 17.9. The molecule has 0 saturated carbocycles. The third-order valence-electron chi connectivity index (χ3n) is 6.22. The molecule has 8 nitrogen and oxygen atoms in total. The van der Waals surface area contributed by atoms with Crippen LogP contribution >= 0.6 is 0 Å². The fourth-order valence-corrected chi connectivity index (χ4v) is 5.53. The first-order chi connectivity index (χ1) is 14.1. The van der Waals surface area contributed by atoms with E-state index in [4.69, 9.17) is 4.74 Å². The van der Waals surface area contributed by atoms with Crippen LogP contribution in [0, 0.1) is 5.92 Å². The minimum atomic E-state index is -3.31. The Morgan fingerprint density at radius 2 is 1.93 bits per heavy atom. The van der Waals surface area contributed by atoms with Crippen LogP contribution in [0.25, 0.3) is 0 Å². The molecule has 0 amide bonds. The third kappa shape index (κ3) is 7.70. The highest BCUT2D eigenvalue weighted by molar-refractivity contribution is 7.89. The third-order valence-corrected chi connectivity index (χ3v) is 7.57. The van der Waals surface area contributed by atoms with Crippen LogP contribution in [0.5, 0.6) is 0 Å². The maximum atomic E-state index is 12.3. The van der Waals surface area contributed by atoms with Crippen molar-refractivity contribution >= 4 is 16.0 Å². The molecule has 3 fully saturated rings. The molecule has 3 aliphatic heterocycles. The van der Waals surface area contributed by atoms with Gasteiger partial charge in [0.05, 0.1) is 11.9 Å². The number of hydrogen-bond donors (Lipinski definition) is 2. The van der Waals surface area contributed by atoms with Crippen LogP contribution in [0.1, 0.15) is 44.9 Å². The van der Waals surface area contributed by atoms with Crippen LogP contribution in [-0.2, 0) is 14.8 Å². The van der Waals surface area contributed by atoms with Crippen molar-refractivity contribution in [1.82, 2.24) is 19.8 Å². The van der Waals surface area contributed by atoms with E-state index >= 15 is 0 Å². The van der Waals surface area contributed by atoms with Crippen LogP contribution in [0.3, 0.4) is 0 Å². The Bertz CT molecular complexity index is 616. The van der Waals surface area contributed by atoms with Gasteiger partial charge in [0, 0.05) is 46.4 Å². The van der Waals surface area contributed by atoms with E-state index in [-0.39, 0.29) is 11.9 Å². The molecule has 0 bridgehead atoms. The van der Waals surface area contributed by atoms with Crippen molar-refractivity contribution in [2.24, 2.45) is 10.9 Å². The molecule has 2 unspecified atom stereocenters. The number of rotatable bonds is 8. The van der Waals surface area contributed by atoms with Crippen molar-refractivity contribution in [1.29, 1.82) is 0 Å². The first-order valence-electron chi connectivity index (χ1n) is 11.3. The number of ether oxygens (including phenoxy) is 1. The van der Waals surface area contributed by atoms with Crippen LogP contribution in [-0.4, -0.2) is 95.5 Å². The number of piperidine rings is 1. The average molecular weight is 430 g/mol. The Kier molecular flexibility index (Phi) is 9.02. The number of guanidine groups is 1. The largest absolute Gasteiger partial charge is 0.377 e. The van der Waals surface area contributed by atoms with Gasteiger partial charge >= 0.3 is 0 Å². The fraction of sp³-hybridized carbons (Fsp3) is 0.950. The molecule has 3 saturated heterocycles. The quantitative estimate of drug-likeness (QED) is 0.440. The smallest absolute Gasteiger partial charge is 0.213 e. The van der Waals surface area contributed by atoms with E-state index in [9.17, 15) is 8.42 Å². The summed E-state index contributed by atoms with van der Waals surface area (Å²) < 4.78 is 32.8. The lowest BCUT2D eigenvalue weighted by atomic mass is 10.1. The second kappa shape index (κ2) is 11.5. The number of likely N-dealkylation sites (tertiary alicyclic amines) is 2. The van der Waals surface area contributed by atoms with Crippen LogP contribution in [0.15, 0.2) is 4.99 Å². The van der Waals surface area contributed by atoms with Gasteiger partial charge in [0.2, 0.25) is 10.0 Å². The second-order valence-corrected chi connectivity index (χ2v) is 10.5. The second-order valence-electron chi connectivity index (χ2n) is 8.59. The summed E-state index contributed by atoms with van der Waals surface area (Å²) in [5.41, 5.74) is 0. The Hall–Kier alpha value is -0.900. The van der Waals surface area contributed by atoms with Crippen LogP contribution in [0.2, 0.25) is 0 Å². The number of nitrogens with one attached hydrogen (secondary N) is 2. The van der Waals surface area contributed by atoms with Crippen LogP contribution < -0.4 is 10.0 Å². The number of nitrogens with zero attached hydrogens (tertiary/aromatic N) is 3. The lowest BCUT2D eigenvalue weighted by Crippen LogP contribution is -2.44. The SMILES string of the molecule is CN=C(NCCS(=O)(=O)NCC1CCCCO1)N1CCC(CN2CCCCC2)C1. The minimum Gasteiger partial charge on any atom is -0.377 e. The molecule has 168 valence electrons. The predicted octanol–water partition coefficient (Wildman–Crippen LogP) is 0.858. The molecule has 0 radical (unpaired) electrons. The monoisotopic (exact) mass is 429 g/mol. The minimum absolute atomic E-state index is 0.0145. The van der Waals surface area contributed by atoms with Crippen molar-refractivity contribution in [3.8, 4) is 0 Å². The topological polar surface area (TPSA) is 86.3 Å². The van der Waals surface area contributed by atoms with Crippen molar-refractivity contribution < 1.29 is 13.2 Å². The summed E-state index contributed by atoms with van der Waals surface area (Å²) in [7, 11) is -1.54. The van der Waals surface area contributed by atoms with Gasteiger partial charge in [-0.1, -0.05) is 6.42 Å². The molecule has 3 heterocycles. The Morgan fingerprint density at radius 3 is 2.66 bits per heavy atom. The fourth-order valence-electron chi connectivity index (χ4n) is 4.57. The van der Waals surface area contributed by atoms with Crippen molar-refractivity contribution in [3.05, 3.63) is 0 Å². The Balaban J connectivity index is 1.35. The molecule has 0 aromatic heterocycles. The molecule has 2 atom stereocenters. The highest BCUT2D eigenvalue weighted by atomic mass is 32.2. The van der Waals surface area contributed by atoms with Gasteiger partial charge in [-0.05, 0) is 57.5 Å². The zero-order valence-corrected chi connectivity index (χ0v) is 18.8. The molecule has 0 aliphatic carbocycles. The van der Waals surface area contributed by atoms with Crippen molar-refractivity contribution in [2.75, 3.05) is 65.2 Å². The summed E-state index contributed by atoms with van der Waals surface area (Å²) in [6.07, 6.45) is 8.33. The summed E-state index contributed by atoms with van der Waals surface area (Å²) in [4.78, 5) is 9.24. The lowest BCUT2D eigenvalue weighted by molar-refractivity contribution is 0.0200. The standard InChI is InChI=1S/C20H39N5O3S/c1-21-20(25-12-8-18(17-25)16-24-10-4-2-5-11-24)22-9-14-29(26,27)23-15-19-7-3-6-13-28-19/h18-19,23H,2-17H2,1H3,(H,21,22). The van der Waals surface area contributed by atoms with Crippen molar-refractivity contribution in [3.63, 3.8) is 0 Å². The molecule has 9 heteroatoms. The van der Waals surface area contributed by atoms with Crippen LogP contribution in [0.4, 0.5) is 0 Å². The summed E-state index contributed by atoms with van der Waals surface area (Å²) in [5.74, 6) is 1.54. The number of aliphatic imine (C=N–C) groups is 1. The van der Waals surface area contributed by atoms with Gasteiger partial charge in [0.1, 0.15) is 0 Å². The zero-order chi connectivity index (χ0) is 20.5. The summed E-state index contributed by atoms with van der Waals surface area (Å²) >= 11 is 0. The predicted molar refractivity (Wildman–Crippen MR) is 117 cm³/mol. The Morgan fingerprint density at radius 1 is 1.10 bits per heavy atom. The van der Waals surface area contributed by atoms with Gasteiger partial charge in [-0.3, -0.25) is 4.99 Å². The number of sulfonamides is 1. The van der Waals surface area contributed by atoms with E-state index in [1.807, 2.05) is 0 Å². The van der Waals surface area contributed by atoms with E-state index < -0.39 is 10.0 Å². The average Bonchev–Trinajstić information content (AvgIpc) is 3.19. The molecule has 2 N–H and O–H groups in total. The molecular formula is C20H39N5O3S. The molecule has 0 aromatic rings. The lowest BCUT2D eigenvalue weighted by Gasteiger charge is -2.29. The van der Waals surface area contributed by atoms with Crippen molar-refractivity contribution in [2.45, 2.75) is 51.0 Å². The van der Waals surface area contributed by atoms with E-state index in [2.05, 4.69) is 24.8 Å². The first-order valence-corrected chi connectivity index (χ1v) is 13.0. The maximum absolute atomic E-state index is 12.3. The molecule has 0 aromatic carbocycles. The molecule has 3 aliphatic rings. The molecule has 29 heavy (non-hydrogen) atoms. The molecule has 3 rings (SSSR count). The highest BCUT2D eigenvalue weighted by Gasteiger charge is 2.27. The van der Waals surface area contributed by atoms with Gasteiger partial charge in [0.15, 0.2) is 5.96 Å². The maximum Gasteiger partial charge on any atom is 0.213 e. The number of hydrogen-bond acceptors (Lipinski definition) is 5. The van der Waals surface area contributed by atoms with Gasteiger partial charge in [-0.15, -0.1) is 0 Å². The van der Waals surface area contributed by atoms with Gasteiger partial charge in [0.25, 0.3) is 0 Å². The normalized spacial score (nSPS) is 27.3. The summed E-state index contributed by atoms with van der Waals surface area (Å²) in [6, 6.07) is 0. The highest BCUT2D eigenvalue weighted by Crippen LogP contribution is 2.19.